The second kappa shape index (κ2) is 6.81. The summed E-state index contributed by atoms with van der Waals surface area (Å²) in [6.45, 7) is 7.41. The Morgan fingerprint density at radius 1 is 1.20 bits per heavy atom. The second-order valence-corrected chi connectivity index (χ2v) is 4.87. The van der Waals surface area contributed by atoms with E-state index < -0.39 is 10.4 Å². The molecule has 0 saturated carbocycles. The fourth-order valence-electron chi connectivity index (χ4n) is 0.628. The van der Waals surface area contributed by atoms with Crippen LogP contribution in [0.4, 0.5) is 0 Å². The summed E-state index contributed by atoms with van der Waals surface area (Å²) in [5.74, 6) is 0. The van der Waals surface area contributed by atoms with E-state index in [0.717, 1.165) is 19.5 Å². The molecule has 0 aromatic carbocycles. The highest BCUT2D eigenvalue weighted by molar-refractivity contribution is 7.96. The molecule has 4 nitrogen and oxygen atoms in total. The molecule has 0 amide bonds. The molecule has 86 valence electrons. The Kier molecular flexibility index (Phi) is 6.95. The van der Waals surface area contributed by atoms with Crippen molar-refractivity contribution in [1.82, 2.24) is 0 Å². The SMILES string of the molecule is CCC(C)([B]O)OSC(C)(CC)O[B]O. The van der Waals surface area contributed by atoms with Crippen LogP contribution in [0.3, 0.4) is 0 Å². The van der Waals surface area contributed by atoms with Crippen molar-refractivity contribution < 1.29 is 18.9 Å². The molecule has 2 unspecified atom stereocenters. The van der Waals surface area contributed by atoms with E-state index >= 15 is 0 Å². The van der Waals surface area contributed by atoms with Gasteiger partial charge in [0.15, 0.2) is 0 Å². The van der Waals surface area contributed by atoms with Gasteiger partial charge in [-0.05, 0) is 26.7 Å². The Balaban J connectivity index is 4.20. The fraction of sp³-hybridized carbons (Fsp3) is 1.00. The summed E-state index contributed by atoms with van der Waals surface area (Å²) in [7, 11) is 1.69. The lowest BCUT2D eigenvalue weighted by molar-refractivity contribution is 0.129. The first-order valence-electron chi connectivity index (χ1n) is 4.94. The van der Waals surface area contributed by atoms with Crippen LogP contribution >= 0.6 is 12.0 Å². The summed E-state index contributed by atoms with van der Waals surface area (Å²) in [6.07, 6.45) is 1.32. The van der Waals surface area contributed by atoms with E-state index in [1.165, 1.54) is 0 Å². The summed E-state index contributed by atoms with van der Waals surface area (Å²) >= 11 is 1.10. The summed E-state index contributed by atoms with van der Waals surface area (Å²) in [6, 6.07) is 0. The fourth-order valence-corrected chi connectivity index (χ4v) is 1.36. The maximum absolute atomic E-state index is 9.02. The molecule has 0 saturated heterocycles. The summed E-state index contributed by atoms with van der Waals surface area (Å²) in [4.78, 5) is -0.645. The van der Waals surface area contributed by atoms with Crippen LogP contribution in [0.25, 0.3) is 0 Å². The van der Waals surface area contributed by atoms with Crippen molar-refractivity contribution >= 4 is 27.2 Å². The first kappa shape index (κ1) is 15.3. The van der Waals surface area contributed by atoms with Gasteiger partial charge in [-0.2, -0.15) is 0 Å². The highest BCUT2D eigenvalue weighted by Gasteiger charge is 2.31. The zero-order valence-electron chi connectivity index (χ0n) is 9.69. The summed E-state index contributed by atoms with van der Waals surface area (Å²) < 4.78 is 10.5. The second-order valence-electron chi connectivity index (χ2n) is 3.67. The molecular weight excluding hydrogens is 214 g/mol. The van der Waals surface area contributed by atoms with E-state index in [2.05, 4.69) is 0 Å². The minimum absolute atomic E-state index is 0.645. The third kappa shape index (κ3) is 5.26. The van der Waals surface area contributed by atoms with Crippen molar-refractivity contribution in [1.29, 1.82) is 0 Å². The van der Waals surface area contributed by atoms with Gasteiger partial charge in [0.25, 0.3) is 0 Å². The van der Waals surface area contributed by atoms with E-state index in [-0.39, 0.29) is 0 Å². The van der Waals surface area contributed by atoms with Crippen LogP contribution in [-0.2, 0) is 8.84 Å². The first-order chi connectivity index (χ1) is 6.95. The summed E-state index contributed by atoms with van der Waals surface area (Å²) in [5, 5.41) is 17.6. The van der Waals surface area contributed by atoms with Gasteiger partial charge in [-0.25, -0.2) is 0 Å². The van der Waals surface area contributed by atoms with E-state index in [1.807, 2.05) is 13.8 Å². The van der Waals surface area contributed by atoms with Gasteiger partial charge >= 0.3 is 15.2 Å². The van der Waals surface area contributed by atoms with Crippen molar-refractivity contribution in [2.75, 3.05) is 0 Å². The molecule has 2 N–H and O–H groups in total. The molecule has 0 aromatic heterocycles. The minimum Gasteiger partial charge on any atom is -0.452 e. The van der Waals surface area contributed by atoms with E-state index in [9.17, 15) is 0 Å². The molecule has 0 bridgehead atoms. The van der Waals surface area contributed by atoms with Crippen molar-refractivity contribution in [3.05, 3.63) is 0 Å². The van der Waals surface area contributed by atoms with Crippen LogP contribution in [0, 0.1) is 0 Å². The predicted molar refractivity (Wildman–Crippen MR) is 63.1 cm³/mol. The zero-order valence-corrected chi connectivity index (χ0v) is 10.5. The Bertz CT molecular complexity index is 180. The monoisotopic (exact) mass is 232 g/mol. The van der Waals surface area contributed by atoms with Gasteiger partial charge in [-0.3, -0.25) is 0 Å². The van der Waals surface area contributed by atoms with E-state index in [0.29, 0.717) is 20.5 Å². The van der Waals surface area contributed by atoms with Crippen molar-refractivity contribution in [2.24, 2.45) is 0 Å². The Labute approximate surface area is 97.5 Å². The Morgan fingerprint density at radius 2 is 1.80 bits per heavy atom. The highest BCUT2D eigenvalue weighted by atomic mass is 32.2. The molecule has 0 rings (SSSR count). The highest BCUT2D eigenvalue weighted by Crippen LogP contribution is 2.34. The molecule has 2 atom stereocenters. The molecule has 0 aliphatic rings. The van der Waals surface area contributed by atoms with Crippen LogP contribution in [0.15, 0.2) is 0 Å². The van der Waals surface area contributed by atoms with Crippen molar-refractivity contribution in [3.8, 4) is 0 Å². The topological polar surface area (TPSA) is 58.9 Å². The number of hydrogen-bond donors (Lipinski definition) is 2. The molecule has 7 heteroatoms. The molecule has 15 heavy (non-hydrogen) atoms. The van der Waals surface area contributed by atoms with E-state index in [4.69, 9.17) is 18.9 Å². The van der Waals surface area contributed by atoms with Crippen LogP contribution in [-0.4, -0.2) is 35.6 Å². The minimum atomic E-state index is -0.695. The molecule has 2 radical (unpaired) electrons. The van der Waals surface area contributed by atoms with Gasteiger partial charge in [0.05, 0.1) is 5.50 Å². The molecule has 0 aliphatic carbocycles. The van der Waals surface area contributed by atoms with Crippen LogP contribution < -0.4 is 0 Å². The maximum Gasteiger partial charge on any atom is 0.486 e. The molecule has 0 aliphatic heterocycles. The summed E-state index contributed by atoms with van der Waals surface area (Å²) in [5.41, 5.74) is -0.695. The van der Waals surface area contributed by atoms with Gasteiger partial charge < -0.3 is 18.9 Å². The van der Waals surface area contributed by atoms with Gasteiger partial charge in [0, 0.05) is 12.0 Å². The molecule has 0 spiro atoms. The maximum atomic E-state index is 9.02. The van der Waals surface area contributed by atoms with Gasteiger partial charge in [0.2, 0.25) is 0 Å². The number of rotatable bonds is 8. The van der Waals surface area contributed by atoms with Crippen molar-refractivity contribution in [2.45, 2.75) is 51.0 Å². The van der Waals surface area contributed by atoms with Crippen molar-refractivity contribution in [3.63, 3.8) is 0 Å². The van der Waals surface area contributed by atoms with Gasteiger partial charge in [0.1, 0.15) is 4.93 Å². The molecule has 0 aromatic rings. The molecule has 0 heterocycles. The molecule has 0 fully saturated rings. The lowest BCUT2D eigenvalue weighted by Crippen LogP contribution is -2.36. The third-order valence-corrected chi connectivity index (χ3v) is 3.53. The third-order valence-electron chi connectivity index (χ3n) is 2.33. The lowest BCUT2D eigenvalue weighted by Gasteiger charge is -2.31. The van der Waals surface area contributed by atoms with Crippen LogP contribution in [0.5, 0.6) is 0 Å². The number of hydrogen-bond acceptors (Lipinski definition) is 5. The smallest absolute Gasteiger partial charge is 0.452 e. The standard InChI is InChI=1S/C8H18B2O4S/c1-5-7(3,9-11)14-15-8(4,6-2)13-10-12/h11-12H,5-6H2,1-4H3. The average molecular weight is 232 g/mol. The average Bonchev–Trinajstić information content (AvgIpc) is 2.26. The first-order valence-corrected chi connectivity index (χ1v) is 5.68. The quantitative estimate of drug-likeness (QED) is 0.372. The Hall–Kier alpha value is 0.320. The zero-order chi connectivity index (χ0) is 11.9. The van der Waals surface area contributed by atoms with Crippen LogP contribution in [0.1, 0.15) is 40.5 Å². The van der Waals surface area contributed by atoms with Gasteiger partial charge in [-0.15, -0.1) is 0 Å². The lowest BCUT2D eigenvalue weighted by atomic mass is 9.75. The molecular formula is C8H18B2O4S. The Morgan fingerprint density at radius 3 is 2.13 bits per heavy atom. The van der Waals surface area contributed by atoms with E-state index in [1.54, 1.807) is 13.8 Å². The normalized spacial score (nSPS) is 19.1. The largest absolute Gasteiger partial charge is 0.486 e. The van der Waals surface area contributed by atoms with Crippen LogP contribution in [0.2, 0.25) is 0 Å². The predicted octanol–water partition coefficient (Wildman–Crippen LogP) is 1.06. The van der Waals surface area contributed by atoms with Gasteiger partial charge in [-0.1, -0.05) is 13.8 Å².